The minimum Gasteiger partial charge on any atom is -0.375 e. The third-order valence-corrected chi connectivity index (χ3v) is 5.81. The number of allylic oxidation sites excluding steroid dienone is 5. The van der Waals surface area contributed by atoms with Gasteiger partial charge in [-0.2, -0.15) is 13.2 Å². The minimum atomic E-state index is -4.19. The second-order valence-corrected chi connectivity index (χ2v) is 8.39. The van der Waals surface area contributed by atoms with E-state index in [0.29, 0.717) is 22.4 Å². The van der Waals surface area contributed by atoms with Crippen molar-refractivity contribution in [1.82, 2.24) is 9.55 Å². The maximum atomic E-state index is 13.9. The molecule has 35 heavy (non-hydrogen) atoms. The van der Waals surface area contributed by atoms with Crippen LogP contribution in [0.2, 0.25) is 0 Å². The zero-order valence-electron chi connectivity index (χ0n) is 20.2. The number of halogens is 3. The zero-order chi connectivity index (χ0) is 25.6. The first-order chi connectivity index (χ1) is 16.7. The highest BCUT2D eigenvalue weighted by Gasteiger charge is 2.26. The lowest BCUT2D eigenvalue weighted by Crippen LogP contribution is -2.30. The molecule has 184 valence electrons. The molecule has 3 aromatic rings. The number of fused-ring (bicyclic) bond motifs is 1. The molecule has 0 saturated carbocycles. The van der Waals surface area contributed by atoms with Gasteiger partial charge in [-0.3, -0.25) is 9.36 Å². The van der Waals surface area contributed by atoms with E-state index >= 15 is 0 Å². The number of hydrogen-bond donors (Lipinski definition) is 0. The summed E-state index contributed by atoms with van der Waals surface area (Å²) in [6.45, 7) is 7.76. The van der Waals surface area contributed by atoms with Crippen molar-refractivity contribution in [2.24, 2.45) is 0 Å². The molecule has 0 N–H and O–H groups in total. The van der Waals surface area contributed by atoms with Crippen LogP contribution in [0.5, 0.6) is 0 Å². The number of nitrogens with zero attached hydrogens (tertiary/aromatic N) is 3. The van der Waals surface area contributed by atoms with Gasteiger partial charge in [-0.1, -0.05) is 61.2 Å². The fourth-order valence-electron chi connectivity index (χ4n) is 4.18. The van der Waals surface area contributed by atoms with Crippen LogP contribution in [-0.4, -0.2) is 29.3 Å². The summed E-state index contributed by atoms with van der Waals surface area (Å²) in [7, 11) is 1.72. The van der Waals surface area contributed by atoms with Gasteiger partial charge >= 0.3 is 6.18 Å². The van der Waals surface area contributed by atoms with E-state index in [-0.39, 0.29) is 18.5 Å². The maximum absolute atomic E-state index is 13.9. The Hall–Kier alpha value is -3.61. The fraction of sp³-hybridized carbons (Fsp3) is 0.286. The van der Waals surface area contributed by atoms with Crippen LogP contribution in [0.3, 0.4) is 0 Å². The third-order valence-electron chi connectivity index (χ3n) is 5.81. The number of benzene rings is 2. The van der Waals surface area contributed by atoms with Gasteiger partial charge in [0.1, 0.15) is 5.82 Å². The first kappa shape index (κ1) is 26.0. The molecule has 0 aliphatic heterocycles. The minimum absolute atomic E-state index is 0.0242. The normalized spacial score (nSPS) is 13.4. The molecule has 3 rings (SSSR count). The Labute approximate surface area is 203 Å². The molecule has 0 aliphatic rings. The molecule has 1 unspecified atom stereocenters. The fourth-order valence-corrected chi connectivity index (χ4v) is 4.18. The lowest BCUT2D eigenvalue weighted by Gasteiger charge is -2.25. The molecule has 1 aromatic heterocycles. The number of alkyl halides is 3. The van der Waals surface area contributed by atoms with Crippen molar-refractivity contribution in [3.8, 4) is 0 Å². The largest absolute Gasteiger partial charge is 0.389 e. The first-order valence-electron chi connectivity index (χ1n) is 11.5. The first-order valence-corrected chi connectivity index (χ1v) is 11.5. The van der Waals surface area contributed by atoms with Crippen molar-refractivity contribution in [3.05, 3.63) is 107 Å². The van der Waals surface area contributed by atoms with Crippen LogP contribution < -0.4 is 10.5 Å². The average Bonchev–Trinajstić information content (AvgIpc) is 2.81. The van der Waals surface area contributed by atoms with Gasteiger partial charge < -0.3 is 4.90 Å². The maximum Gasteiger partial charge on any atom is 0.389 e. The van der Waals surface area contributed by atoms with E-state index < -0.39 is 18.6 Å². The Bertz CT molecular complexity index is 1290. The van der Waals surface area contributed by atoms with E-state index in [4.69, 9.17) is 4.98 Å². The Morgan fingerprint density at radius 1 is 1.20 bits per heavy atom. The summed E-state index contributed by atoms with van der Waals surface area (Å²) in [5.74, 6) is 0.558. The van der Waals surface area contributed by atoms with Crippen molar-refractivity contribution in [1.29, 1.82) is 0 Å². The number of aromatic nitrogens is 2. The van der Waals surface area contributed by atoms with Crippen LogP contribution in [0.1, 0.15) is 37.2 Å². The van der Waals surface area contributed by atoms with Crippen molar-refractivity contribution in [2.75, 3.05) is 18.5 Å². The SMILES string of the molecule is C=C/C=C(\C=C/C)C(c1ccccc1)n1c(C)nc2ccc(N(C)CCCC(F)(F)F)cc2c1=O. The van der Waals surface area contributed by atoms with Crippen molar-refractivity contribution in [3.63, 3.8) is 0 Å². The van der Waals surface area contributed by atoms with E-state index in [1.54, 1.807) is 47.7 Å². The highest BCUT2D eigenvalue weighted by molar-refractivity contribution is 5.82. The Morgan fingerprint density at radius 2 is 1.91 bits per heavy atom. The van der Waals surface area contributed by atoms with Gasteiger partial charge in [0.05, 0.1) is 16.9 Å². The summed E-state index contributed by atoms with van der Waals surface area (Å²) in [5, 5.41) is 0.412. The van der Waals surface area contributed by atoms with Gasteiger partial charge in [-0.25, -0.2) is 4.98 Å². The molecule has 2 aromatic carbocycles. The predicted molar refractivity (Wildman–Crippen MR) is 137 cm³/mol. The van der Waals surface area contributed by atoms with Gasteiger partial charge in [0.2, 0.25) is 0 Å². The van der Waals surface area contributed by atoms with E-state index in [1.165, 1.54) is 0 Å². The molecule has 7 heteroatoms. The highest BCUT2D eigenvalue weighted by atomic mass is 19.4. The second kappa shape index (κ2) is 11.2. The predicted octanol–water partition coefficient (Wildman–Crippen LogP) is 6.76. The molecule has 0 aliphatic carbocycles. The molecule has 0 bridgehead atoms. The Kier molecular flexibility index (Phi) is 8.33. The standard InChI is InChI=1S/C28H30F3N3O/c1-5-11-21(12-6-2)26(22-13-8-7-9-14-22)34-20(3)32-25-16-15-23(19-24(25)27(34)35)33(4)18-10-17-28(29,30)31/h5-9,11-16,19,26H,1,10,17-18H2,2-4H3/b12-6-,21-11+. The summed E-state index contributed by atoms with van der Waals surface area (Å²) in [6.07, 6.45) is 2.36. The summed E-state index contributed by atoms with van der Waals surface area (Å²) in [4.78, 5) is 20.3. The number of rotatable bonds is 9. The monoisotopic (exact) mass is 481 g/mol. The number of hydrogen-bond acceptors (Lipinski definition) is 3. The molecule has 0 fully saturated rings. The molecular formula is C28H30F3N3O. The van der Waals surface area contributed by atoms with Crippen LogP contribution in [0, 0.1) is 6.92 Å². The van der Waals surface area contributed by atoms with E-state index in [1.807, 2.05) is 55.5 Å². The van der Waals surface area contributed by atoms with Crippen LogP contribution in [0.4, 0.5) is 18.9 Å². The summed E-state index contributed by atoms with van der Waals surface area (Å²) in [6, 6.07) is 14.5. The summed E-state index contributed by atoms with van der Waals surface area (Å²) < 4.78 is 39.3. The third kappa shape index (κ3) is 6.29. The molecule has 0 amide bonds. The molecular weight excluding hydrogens is 451 g/mol. The molecule has 4 nitrogen and oxygen atoms in total. The number of anilines is 1. The van der Waals surface area contributed by atoms with Crippen LogP contribution in [0.15, 0.2) is 89.8 Å². The van der Waals surface area contributed by atoms with E-state index in [0.717, 1.165) is 11.1 Å². The van der Waals surface area contributed by atoms with Gasteiger partial charge in [0.25, 0.3) is 5.56 Å². The van der Waals surface area contributed by atoms with Gasteiger partial charge in [0.15, 0.2) is 0 Å². The molecule has 0 spiro atoms. The van der Waals surface area contributed by atoms with Gasteiger partial charge in [0, 0.05) is 25.7 Å². The van der Waals surface area contributed by atoms with Crippen LogP contribution in [0.25, 0.3) is 10.9 Å². The van der Waals surface area contributed by atoms with Crippen molar-refractivity contribution >= 4 is 16.6 Å². The second-order valence-electron chi connectivity index (χ2n) is 8.39. The van der Waals surface area contributed by atoms with Crippen LogP contribution in [-0.2, 0) is 0 Å². The molecule has 1 heterocycles. The zero-order valence-corrected chi connectivity index (χ0v) is 20.2. The van der Waals surface area contributed by atoms with E-state index in [2.05, 4.69) is 6.58 Å². The summed E-state index contributed by atoms with van der Waals surface area (Å²) in [5.41, 5.74) is 2.79. The topological polar surface area (TPSA) is 38.1 Å². The molecule has 1 atom stereocenters. The molecule has 0 radical (unpaired) electrons. The van der Waals surface area contributed by atoms with E-state index in [9.17, 15) is 18.0 Å². The molecule has 0 saturated heterocycles. The average molecular weight is 482 g/mol. The van der Waals surface area contributed by atoms with Crippen molar-refractivity contribution < 1.29 is 13.2 Å². The Balaban J connectivity index is 2.13. The van der Waals surface area contributed by atoms with Gasteiger partial charge in [-0.05, 0) is 49.6 Å². The van der Waals surface area contributed by atoms with Gasteiger partial charge in [-0.15, -0.1) is 0 Å². The van der Waals surface area contributed by atoms with Crippen molar-refractivity contribution in [2.45, 2.75) is 38.9 Å². The lowest BCUT2D eigenvalue weighted by molar-refractivity contribution is -0.135. The lowest BCUT2D eigenvalue weighted by atomic mass is 9.96. The highest BCUT2D eigenvalue weighted by Crippen LogP contribution is 2.29. The summed E-state index contributed by atoms with van der Waals surface area (Å²) >= 11 is 0. The Morgan fingerprint density at radius 3 is 2.54 bits per heavy atom. The van der Waals surface area contributed by atoms with Crippen LogP contribution >= 0.6 is 0 Å². The number of aryl methyl sites for hydroxylation is 1. The smallest absolute Gasteiger partial charge is 0.375 e. The quantitative estimate of drug-likeness (QED) is 0.317.